The van der Waals surface area contributed by atoms with Gasteiger partial charge in [-0.15, -0.1) is 6.58 Å². The van der Waals surface area contributed by atoms with E-state index in [0.717, 1.165) is 24.8 Å². The maximum Gasteiger partial charge on any atom is 0.407 e. The predicted octanol–water partition coefficient (Wildman–Crippen LogP) is 4.44. The molecule has 0 radical (unpaired) electrons. The van der Waals surface area contributed by atoms with Crippen molar-refractivity contribution in [2.75, 3.05) is 0 Å². The quantitative estimate of drug-likeness (QED) is 0.534. The molecule has 0 aliphatic rings. The number of hydrogen-bond donors (Lipinski definition) is 1. The molecule has 1 unspecified atom stereocenters. The van der Waals surface area contributed by atoms with Crippen LogP contribution in [0, 0.1) is 0 Å². The number of hydrogen-bond acceptors (Lipinski definition) is 2. The minimum absolute atomic E-state index is 0.127. The SMILES string of the molecule is C=CCC(CCCCC)NC(=O)OCc1ccccc1. The molecule has 0 aliphatic carbocycles. The monoisotopic (exact) mass is 275 g/mol. The van der Waals surface area contributed by atoms with Crippen LogP contribution in [0.4, 0.5) is 4.79 Å². The third kappa shape index (κ3) is 6.98. The summed E-state index contributed by atoms with van der Waals surface area (Å²) in [7, 11) is 0. The van der Waals surface area contributed by atoms with Crippen molar-refractivity contribution in [3.63, 3.8) is 0 Å². The second kappa shape index (κ2) is 10.1. The molecule has 1 rings (SSSR count). The van der Waals surface area contributed by atoms with Crippen molar-refractivity contribution in [1.29, 1.82) is 0 Å². The highest BCUT2D eigenvalue weighted by molar-refractivity contribution is 5.67. The maximum absolute atomic E-state index is 11.8. The van der Waals surface area contributed by atoms with Gasteiger partial charge < -0.3 is 10.1 Å². The van der Waals surface area contributed by atoms with Gasteiger partial charge >= 0.3 is 6.09 Å². The Hall–Kier alpha value is -1.77. The summed E-state index contributed by atoms with van der Waals surface area (Å²) < 4.78 is 5.23. The number of rotatable bonds is 9. The van der Waals surface area contributed by atoms with E-state index in [9.17, 15) is 4.79 Å². The molecular formula is C17H25NO2. The van der Waals surface area contributed by atoms with Crippen molar-refractivity contribution < 1.29 is 9.53 Å². The molecule has 110 valence electrons. The molecular weight excluding hydrogens is 250 g/mol. The summed E-state index contributed by atoms with van der Waals surface area (Å²) in [5.41, 5.74) is 0.994. The third-order valence-electron chi connectivity index (χ3n) is 3.14. The van der Waals surface area contributed by atoms with Crippen molar-refractivity contribution in [2.24, 2.45) is 0 Å². The molecule has 1 aromatic rings. The predicted molar refractivity (Wildman–Crippen MR) is 82.5 cm³/mol. The highest BCUT2D eigenvalue weighted by atomic mass is 16.5. The summed E-state index contributed by atoms with van der Waals surface area (Å²) in [5, 5.41) is 2.91. The normalized spacial score (nSPS) is 11.7. The molecule has 1 N–H and O–H groups in total. The van der Waals surface area contributed by atoms with Gasteiger partial charge in [0.1, 0.15) is 6.61 Å². The average Bonchev–Trinajstić information content (AvgIpc) is 2.47. The third-order valence-corrected chi connectivity index (χ3v) is 3.14. The number of carbonyl (C=O) groups excluding carboxylic acids is 1. The Labute approximate surface area is 122 Å². The molecule has 0 aromatic heterocycles. The van der Waals surface area contributed by atoms with E-state index in [4.69, 9.17) is 4.74 Å². The van der Waals surface area contributed by atoms with E-state index in [1.165, 1.54) is 12.8 Å². The number of unbranched alkanes of at least 4 members (excludes halogenated alkanes) is 2. The molecule has 0 heterocycles. The highest BCUT2D eigenvalue weighted by Crippen LogP contribution is 2.08. The van der Waals surface area contributed by atoms with E-state index in [1.807, 2.05) is 36.4 Å². The van der Waals surface area contributed by atoms with Crippen LogP contribution in [0.1, 0.15) is 44.6 Å². The van der Waals surface area contributed by atoms with Gasteiger partial charge in [0.05, 0.1) is 0 Å². The molecule has 3 nitrogen and oxygen atoms in total. The van der Waals surface area contributed by atoms with Crippen molar-refractivity contribution >= 4 is 6.09 Å². The molecule has 20 heavy (non-hydrogen) atoms. The number of amides is 1. The van der Waals surface area contributed by atoms with Gasteiger partial charge in [0.15, 0.2) is 0 Å². The summed E-state index contributed by atoms with van der Waals surface area (Å²) in [4.78, 5) is 11.8. The lowest BCUT2D eigenvalue weighted by Crippen LogP contribution is -2.34. The van der Waals surface area contributed by atoms with E-state index in [1.54, 1.807) is 0 Å². The van der Waals surface area contributed by atoms with Crippen LogP contribution < -0.4 is 5.32 Å². The van der Waals surface area contributed by atoms with Crippen molar-refractivity contribution in [2.45, 2.75) is 51.7 Å². The van der Waals surface area contributed by atoms with Crippen molar-refractivity contribution in [1.82, 2.24) is 5.32 Å². The van der Waals surface area contributed by atoms with Gasteiger partial charge in [0.2, 0.25) is 0 Å². The fourth-order valence-corrected chi connectivity index (χ4v) is 2.02. The molecule has 1 aromatic carbocycles. The Morgan fingerprint density at radius 3 is 2.75 bits per heavy atom. The van der Waals surface area contributed by atoms with Crippen LogP contribution in [0.25, 0.3) is 0 Å². The molecule has 1 amide bonds. The number of nitrogens with one attached hydrogen (secondary N) is 1. The van der Waals surface area contributed by atoms with Crippen LogP contribution in [-0.2, 0) is 11.3 Å². The van der Waals surface area contributed by atoms with Crippen LogP contribution in [0.5, 0.6) is 0 Å². The van der Waals surface area contributed by atoms with E-state index >= 15 is 0 Å². The van der Waals surface area contributed by atoms with Gasteiger partial charge in [-0.1, -0.05) is 62.6 Å². The standard InChI is InChI=1S/C17H25NO2/c1-3-5-7-13-16(10-4-2)18-17(19)20-14-15-11-8-6-9-12-15/h4,6,8-9,11-12,16H,2-3,5,7,10,13-14H2,1H3,(H,18,19). The smallest absolute Gasteiger partial charge is 0.407 e. The van der Waals surface area contributed by atoms with Crippen LogP contribution in [0.3, 0.4) is 0 Å². The first kappa shape index (κ1) is 16.3. The second-order valence-electron chi connectivity index (χ2n) is 4.92. The summed E-state index contributed by atoms with van der Waals surface area (Å²) in [6, 6.07) is 9.81. The first-order valence-electron chi connectivity index (χ1n) is 7.34. The Kier molecular flexibility index (Phi) is 8.20. The van der Waals surface area contributed by atoms with Gasteiger partial charge in [0.25, 0.3) is 0 Å². The van der Waals surface area contributed by atoms with E-state index < -0.39 is 0 Å². The Bertz CT molecular complexity index is 389. The van der Waals surface area contributed by atoms with Gasteiger partial charge in [-0.05, 0) is 18.4 Å². The summed E-state index contributed by atoms with van der Waals surface area (Å²) in [5.74, 6) is 0. The largest absolute Gasteiger partial charge is 0.445 e. The van der Waals surface area contributed by atoms with Crippen molar-refractivity contribution in [3.05, 3.63) is 48.6 Å². The van der Waals surface area contributed by atoms with E-state index in [0.29, 0.717) is 6.61 Å². The highest BCUT2D eigenvalue weighted by Gasteiger charge is 2.11. The minimum Gasteiger partial charge on any atom is -0.445 e. The van der Waals surface area contributed by atoms with Crippen LogP contribution in [0.2, 0.25) is 0 Å². The van der Waals surface area contributed by atoms with Gasteiger partial charge in [-0.25, -0.2) is 4.79 Å². The lowest BCUT2D eigenvalue weighted by molar-refractivity contribution is 0.135. The minimum atomic E-state index is -0.350. The van der Waals surface area contributed by atoms with Gasteiger partial charge in [0, 0.05) is 6.04 Å². The van der Waals surface area contributed by atoms with E-state index in [2.05, 4.69) is 18.8 Å². The Morgan fingerprint density at radius 2 is 2.10 bits per heavy atom. The summed E-state index contributed by atoms with van der Waals surface area (Å²) in [6.07, 6.45) is 6.73. The Balaban J connectivity index is 2.31. The molecule has 3 heteroatoms. The zero-order chi connectivity index (χ0) is 14.6. The molecule has 0 fully saturated rings. The number of ether oxygens (including phenoxy) is 1. The zero-order valence-electron chi connectivity index (χ0n) is 12.3. The first-order chi connectivity index (χ1) is 9.76. The topological polar surface area (TPSA) is 38.3 Å². The van der Waals surface area contributed by atoms with Gasteiger partial charge in [-0.2, -0.15) is 0 Å². The molecule has 1 atom stereocenters. The lowest BCUT2D eigenvalue weighted by Gasteiger charge is -2.17. The Morgan fingerprint density at radius 1 is 1.35 bits per heavy atom. The summed E-state index contributed by atoms with van der Waals surface area (Å²) in [6.45, 7) is 6.22. The van der Waals surface area contributed by atoms with Crippen LogP contribution in [0.15, 0.2) is 43.0 Å². The first-order valence-corrected chi connectivity index (χ1v) is 7.34. The average molecular weight is 275 g/mol. The molecule has 0 bridgehead atoms. The van der Waals surface area contributed by atoms with Gasteiger partial charge in [-0.3, -0.25) is 0 Å². The van der Waals surface area contributed by atoms with E-state index in [-0.39, 0.29) is 12.1 Å². The molecule has 0 saturated heterocycles. The number of benzene rings is 1. The molecule has 0 saturated carbocycles. The molecule has 0 aliphatic heterocycles. The lowest BCUT2D eigenvalue weighted by atomic mass is 10.1. The zero-order valence-corrected chi connectivity index (χ0v) is 12.3. The summed E-state index contributed by atoms with van der Waals surface area (Å²) >= 11 is 0. The van der Waals surface area contributed by atoms with Crippen LogP contribution >= 0.6 is 0 Å². The molecule has 0 spiro atoms. The fraction of sp³-hybridized carbons (Fsp3) is 0.471. The van der Waals surface area contributed by atoms with Crippen LogP contribution in [-0.4, -0.2) is 12.1 Å². The maximum atomic E-state index is 11.8. The van der Waals surface area contributed by atoms with Crippen molar-refractivity contribution in [3.8, 4) is 0 Å². The fourth-order valence-electron chi connectivity index (χ4n) is 2.02. The second-order valence-corrected chi connectivity index (χ2v) is 4.92. The number of carbonyl (C=O) groups is 1. The number of alkyl carbamates (subject to hydrolysis) is 1.